The van der Waals surface area contributed by atoms with Gasteiger partial charge in [0.25, 0.3) is 17.7 Å². The van der Waals surface area contributed by atoms with E-state index in [1.165, 1.54) is 35.6 Å². The Morgan fingerprint density at radius 1 is 0.906 bits per heavy atom. The number of carbonyl (C=O) groups excluding carboxylic acids is 3. The summed E-state index contributed by atoms with van der Waals surface area (Å²) < 4.78 is 28.0. The van der Waals surface area contributed by atoms with E-state index in [9.17, 15) is 22.8 Å². The average molecular weight is 456 g/mol. The Balaban J connectivity index is 1.59. The van der Waals surface area contributed by atoms with Crippen molar-refractivity contribution >= 4 is 33.4 Å². The summed E-state index contributed by atoms with van der Waals surface area (Å²) in [6.45, 7) is 2.72. The molecule has 32 heavy (non-hydrogen) atoms. The number of hydrogen-bond acceptors (Lipinski definition) is 5. The number of nitrogens with one attached hydrogen (secondary N) is 1. The van der Waals surface area contributed by atoms with Gasteiger partial charge in [-0.2, -0.15) is 4.31 Å². The summed E-state index contributed by atoms with van der Waals surface area (Å²) in [6.07, 6.45) is 3.71. The van der Waals surface area contributed by atoms with Crippen LogP contribution in [0.4, 0.5) is 5.69 Å². The van der Waals surface area contributed by atoms with E-state index in [1.807, 2.05) is 0 Å². The molecular weight excluding hydrogens is 430 g/mol. The maximum absolute atomic E-state index is 13.2. The molecule has 2 aliphatic rings. The standard InChI is InChI=1S/C23H25N3O5S/c1-15-7-9-17(14-20(15)32(30,31)26-11-5-3-4-6-12-26)24-21(27)16-8-10-18-19(13-16)23(29)25(2)22(18)28/h7-10,13-14H,3-6,11-12H2,1-2H3,(H,24,27). The second kappa shape index (κ2) is 8.48. The number of rotatable bonds is 4. The monoisotopic (exact) mass is 455 g/mol. The number of nitrogens with zero attached hydrogens (tertiary/aromatic N) is 2. The van der Waals surface area contributed by atoms with Gasteiger partial charge in [0.2, 0.25) is 10.0 Å². The first-order valence-corrected chi connectivity index (χ1v) is 12.0. The smallest absolute Gasteiger partial charge is 0.261 e. The third kappa shape index (κ3) is 3.93. The molecule has 2 aliphatic heterocycles. The molecule has 9 heteroatoms. The second-order valence-electron chi connectivity index (χ2n) is 8.18. The van der Waals surface area contributed by atoms with Gasteiger partial charge in [0.15, 0.2) is 0 Å². The first kappa shape index (κ1) is 22.2. The van der Waals surface area contributed by atoms with Crippen molar-refractivity contribution < 1.29 is 22.8 Å². The Morgan fingerprint density at radius 3 is 2.25 bits per heavy atom. The van der Waals surface area contributed by atoms with Crippen LogP contribution in [0, 0.1) is 6.92 Å². The highest BCUT2D eigenvalue weighted by Gasteiger charge is 2.33. The molecule has 2 aromatic rings. The molecule has 0 saturated carbocycles. The summed E-state index contributed by atoms with van der Waals surface area (Å²) in [5, 5.41) is 2.71. The van der Waals surface area contributed by atoms with Gasteiger partial charge in [0.05, 0.1) is 16.0 Å². The summed E-state index contributed by atoms with van der Waals surface area (Å²) in [6, 6.07) is 9.10. The number of fused-ring (bicyclic) bond motifs is 1. The van der Waals surface area contributed by atoms with Crippen molar-refractivity contribution in [2.24, 2.45) is 0 Å². The molecule has 0 unspecified atom stereocenters. The highest BCUT2D eigenvalue weighted by Crippen LogP contribution is 2.27. The number of hydrogen-bond donors (Lipinski definition) is 1. The van der Waals surface area contributed by atoms with E-state index in [-0.39, 0.29) is 21.6 Å². The Bertz CT molecular complexity index is 1210. The normalized spacial score (nSPS) is 17.2. The van der Waals surface area contributed by atoms with Crippen LogP contribution in [-0.2, 0) is 10.0 Å². The van der Waals surface area contributed by atoms with Crippen LogP contribution in [0.15, 0.2) is 41.3 Å². The van der Waals surface area contributed by atoms with Crippen molar-refractivity contribution in [3.63, 3.8) is 0 Å². The second-order valence-corrected chi connectivity index (χ2v) is 10.1. The lowest BCUT2D eigenvalue weighted by Gasteiger charge is -2.21. The van der Waals surface area contributed by atoms with Gasteiger partial charge in [0.1, 0.15) is 0 Å². The number of amides is 3. The summed E-state index contributed by atoms with van der Waals surface area (Å²) in [7, 11) is -2.28. The number of aryl methyl sites for hydroxylation is 1. The quantitative estimate of drug-likeness (QED) is 0.714. The van der Waals surface area contributed by atoms with Gasteiger partial charge in [-0.15, -0.1) is 0 Å². The van der Waals surface area contributed by atoms with E-state index < -0.39 is 27.7 Å². The number of carbonyl (C=O) groups is 3. The number of sulfonamides is 1. The molecule has 1 saturated heterocycles. The van der Waals surface area contributed by atoms with Crippen LogP contribution in [0.5, 0.6) is 0 Å². The van der Waals surface area contributed by atoms with Gasteiger partial charge in [-0.25, -0.2) is 8.42 Å². The minimum absolute atomic E-state index is 0.175. The third-order valence-corrected chi connectivity index (χ3v) is 8.02. The molecule has 0 aromatic heterocycles. The summed E-state index contributed by atoms with van der Waals surface area (Å²) in [5.74, 6) is -1.36. The molecule has 4 rings (SSSR count). The Morgan fingerprint density at radius 2 is 1.56 bits per heavy atom. The van der Waals surface area contributed by atoms with Gasteiger partial charge in [0, 0.05) is 31.4 Å². The molecule has 1 N–H and O–H groups in total. The number of benzene rings is 2. The first-order chi connectivity index (χ1) is 15.2. The van der Waals surface area contributed by atoms with Gasteiger partial charge in [-0.3, -0.25) is 19.3 Å². The number of imide groups is 1. The van der Waals surface area contributed by atoms with E-state index in [4.69, 9.17) is 0 Å². The lowest BCUT2D eigenvalue weighted by molar-refractivity contribution is 0.0693. The van der Waals surface area contributed by atoms with Crippen molar-refractivity contribution in [1.29, 1.82) is 0 Å². The maximum Gasteiger partial charge on any atom is 0.261 e. The Labute approximate surface area is 187 Å². The first-order valence-electron chi connectivity index (χ1n) is 10.6. The lowest BCUT2D eigenvalue weighted by Crippen LogP contribution is -2.32. The van der Waals surface area contributed by atoms with E-state index in [0.29, 0.717) is 24.3 Å². The molecule has 0 spiro atoms. The molecule has 8 nitrogen and oxygen atoms in total. The summed E-state index contributed by atoms with van der Waals surface area (Å²) in [5.41, 5.74) is 1.59. The van der Waals surface area contributed by atoms with Crippen molar-refractivity contribution in [2.75, 3.05) is 25.5 Å². The van der Waals surface area contributed by atoms with Crippen molar-refractivity contribution in [1.82, 2.24) is 9.21 Å². The van der Waals surface area contributed by atoms with Crippen LogP contribution < -0.4 is 5.32 Å². The van der Waals surface area contributed by atoms with Crippen LogP contribution in [-0.4, -0.2) is 55.5 Å². The topological polar surface area (TPSA) is 104 Å². The van der Waals surface area contributed by atoms with Crippen LogP contribution in [0.1, 0.15) is 62.3 Å². The van der Waals surface area contributed by atoms with Gasteiger partial charge in [-0.1, -0.05) is 18.9 Å². The molecule has 0 radical (unpaired) electrons. The van der Waals surface area contributed by atoms with Crippen LogP contribution in [0.2, 0.25) is 0 Å². The Hall–Kier alpha value is -3.04. The number of anilines is 1. The Kier molecular flexibility index (Phi) is 5.87. The van der Waals surface area contributed by atoms with Gasteiger partial charge >= 0.3 is 0 Å². The van der Waals surface area contributed by atoms with E-state index in [1.54, 1.807) is 19.1 Å². The maximum atomic E-state index is 13.2. The minimum atomic E-state index is -3.67. The average Bonchev–Trinajstić information content (AvgIpc) is 2.98. The van der Waals surface area contributed by atoms with E-state index >= 15 is 0 Å². The zero-order valence-electron chi connectivity index (χ0n) is 18.1. The fraction of sp³-hybridized carbons (Fsp3) is 0.348. The zero-order valence-corrected chi connectivity index (χ0v) is 18.9. The predicted molar refractivity (Wildman–Crippen MR) is 119 cm³/mol. The molecule has 2 heterocycles. The molecule has 168 valence electrons. The van der Waals surface area contributed by atoms with Crippen LogP contribution in [0.3, 0.4) is 0 Å². The van der Waals surface area contributed by atoms with Crippen molar-refractivity contribution in [3.05, 3.63) is 58.7 Å². The summed E-state index contributed by atoms with van der Waals surface area (Å²) in [4.78, 5) is 38.2. The largest absolute Gasteiger partial charge is 0.322 e. The molecule has 0 bridgehead atoms. The SMILES string of the molecule is Cc1ccc(NC(=O)c2ccc3c(c2)C(=O)N(C)C3=O)cc1S(=O)(=O)N1CCCCCC1. The van der Waals surface area contributed by atoms with E-state index in [0.717, 1.165) is 30.6 Å². The minimum Gasteiger partial charge on any atom is -0.322 e. The molecular formula is C23H25N3O5S. The van der Waals surface area contributed by atoms with Crippen molar-refractivity contribution in [3.8, 4) is 0 Å². The van der Waals surface area contributed by atoms with Crippen molar-refractivity contribution in [2.45, 2.75) is 37.5 Å². The lowest BCUT2D eigenvalue weighted by atomic mass is 10.1. The molecule has 1 fully saturated rings. The third-order valence-electron chi connectivity index (χ3n) is 5.98. The highest BCUT2D eigenvalue weighted by atomic mass is 32.2. The van der Waals surface area contributed by atoms with Crippen LogP contribution in [0.25, 0.3) is 0 Å². The summed E-state index contributed by atoms with van der Waals surface area (Å²) >= 11 is 0. The fourth-order valence-electron chi connectivity index (χ4n) is 4.08. The fourth-order valence-corrected chi connectivity index (χ4v) is 5.85. The van der Waals surface area contributed by atoms with Gasteiger partial charge in [-0.05, 0) is 55.7 Å². The highest BCUT2D eigenvalue weighted by molar-refractivity contribution is 7.89. The van der Waals surface area contributed by atoms with E-state index in [2.05, 4.69) is 5.32 Å². The predicted octanol–water partition coefficient (Wildman–Crippen LogP) is 3.04. The molecule has 0 aliphatic carbocycles. The zero-order chi connectivity index (χ0) is 23.0. The molecule has 3 amide bonds. The van der Waals surface area contributed by atoms with Gasteiger partial charge < -0.3 is 5.32 Å². The molecule has 0 atom stereocenters. The van der Waals surface area contributed by atoms with Crippen LogP contribution >= 0.6 is 0 Å². The molecule has 2 aromatic carbocycles.